The molecular weight excluding hydrogens is 445 g/mol. The van der Waals surface area contributed by atoms with Gasteiger partial charge in [0.1, 0.15) is 0 Å². The average molecular weight is 469 g/mol. The van der Waals surface area contributed by atoms with Gasteiger partial charge in [-0.05, 0) is 74.3 Å². The van der Waals surface area contributed by atoms with Crippen LogP contribution in [0.25, 0.3) is 0 Å². The molecule has 8 heteroatoms. The predicted molar refractivity (Wildman–Crippen MR) is 119 cm³/mol. The quantitative estimate of drug-likeness (QED) is 0.578. The third-order valence-corrected chi connectivity index (χ3v) is 7.98. The second-order valence-electron chi connectivity index (χ2n) is 8.23. The van der Waals surface area contributed by atoms with Crippen LogP contribution in [0.5, 0.6) is 0 Å². The van der Waals surface area contributed by atoms with E-state index in [1.165, 1.54) is 23.9 Å². The second kappa shape index (κ2) is 8.68. The molecule has 0 radical (unpaired) electrons. The number of carbonyl (C=O) groups is 1. The number of hydrogen-bond acceptors (Lipinski definition) is 3. The summed E-state index contributed by atoms with van der Waals surface area (Å²) in [5, 5.41) is 3.58. The monoisotopic (exact) mass is 468 g/mol. The standard InChI is InChI=1S/C23H24ClF3N2OS/c1-2-19(21(30)28-17-6-4-16(24)5-7-17)29-11-9-22(10-12-29)14-31-20-13-15(23(25,26)27)3-8-18(20)22/h3-8,13,19H,2,9-12,14H2,1H3,(H,28,30). The Labute approximate surface area is 189 Å². The molecular formula is C23H24ClF3N2OS. The van der Waals surface area contributed by atoms with Crippen molar-refractivity contribution in [1.29, 1.82) is 0 Å². The Hall–Kier alpha value is -1.70. The molecule has 1 amide bonds. The maximum atomic E-state index is 13.1. The van der Waals surface area contributed by atoms with Crippen molar-refractivity contribution in [3.05, 3.63) is 58.6 Å². The molecule has 1 spiro atoms. The van der Waals surface area contributed by atoms with Gasteiger partial charge in [0.05, 0.1) is 11.6 Å². The summed E-state index contributed by atoms with van der Waals surface area (Å²) in [6, 6.07) is 10.9. The molecule has 2 aliphatic rings. The average Bonchev–Trinajstić information content (AvgIpc) is 3.09. The molecule has 0 saturated carbocycles. The normalized spacial score (nSPS) is 19.3. The van der Waals surface area contributed by atoms with Crippen molar-refractivity contribution in [2.45, 2.75) is 48.7 Å². The SMILES string of the molecule is CCC(C(=O)Nc1ccc(Cl)cc1)N1CCC2(CC1)CSc1cc(C(F)(F)F)ccc12. The van der Waals surface area contributed by atoms with Crippen LogP contribution >= 0.6 is 23.4 Å². The number of hydrogen-bond donors (Lipinski definition) is 1. The molecule has 2 aromatic carbocycles. The summed E-state index contributed by atoms with van der Waals surface area (Å²) >= 11 is 7.43. The van der Waals surface area contributed by atoms with Crippen molar-refractivity contribution in [1.82, 2.24) is 4.90 Å². The Morgan fingerprint density at radius 1 is 1.19 bits per heavy atom. The van der Waals surface area contributed by atoms with E-state index in [0.29, 0.717) is 17.1 Å². The molecule has 0 bridgehead atoms. The lowest BCUT2D eigenvalue weighted by atomic mass is 9.74. The van der Waals surface area contributed by atoms with Crippen LogP contribution < -0.4 is 5.32 Å². The summed E-state index contributed by atoms with van der Waals surface area (Å²) in [5.74, 6) is 0.752. The number of thioether (sulfide) groups is 1. The van der Waals surface area contributed by atoms with Gasteiger partial charge in [0.15, 0.2) is 0 Å². The largest absolute Gasteiger partial charge is 0.416 e. The summed E-state index contributed by atoms with van der Waals surface area (Å²) in [7, 11) is 0. The van der Waals surface area contributed by atoms with Crippen molar-refractivity contribution in [2.75, 3.05) is 24.2 Å². The van der Waals surface area contributed by atoms with Gasteiger partial charge >= 0.3 is 6.18 Å². The molecule has 2 heterocycles. The molecule has 1 fully saturated rings. The Kier molecular flexibility index (Phi) is 6.30. The van der Waals surface area contributed by atoms with E-state index >= 15 is 0 Å². The molecule has 166 valence electrons. The fraction of sp³-hybridized carbons (Fsp3) is 0.435. The van der Waals surface area contributed by atoms with Crippen molar-refractivity contribution in [3.63, 3.8) is 0 Å². The van der Waals surface area contributed by atoms with Crippen LogP contribution in [0.2, 0.25) is 5.02 Å². The topological polar surface area (TPSA) is 32.3 Å². The highest BCUT2D eigenvalue weighted by molar-refractivity contribution is 7.99. The van der Waals surface area contributed by atoms with E-state index in [2.05, 4.69) is 10.2 Å². The van der Waals surface area contributed by atoms with Crippen molar-refractivity contribution in [2.24, 2.45) is 0 Å². The number of piperidine rings is 1. The van der Waals surface area contributed by atoms with Gasteiger partial charge < -0.3 is 5.32 Å². The van der Waals surface area contributed by atoms with Gasteiger partial charge in [-0.1, -0.05) is 24.6 Å². The van der Waals surface area contributed by atoms with Crippen LogP contribution in [-0.4, -0.2) is 35.7 Å². The number of anilines is 1. The first-order chi connectivity index (χ1) is 14.7. The summed E-state index contributed by atoms with van der Waals surface area (Å²) in [6.07, 6.45) is -1.96. The maximum absolute atomic E-state index is 13.1. The Balaban J connectivity index is 1.43. The molecule has 0 aromatic heterocycles. The first-order valence-corrected chi connectivity index (χ1v) is 11.7. The minimum atomic E-state index is -4.32. The molecule has 31 heavy (non-hydrogen) atoms. The van der Waals surface area contributed by atoms with Crippen LogP contribution in [0, 0.1) is 0 Å². The zero-order valence-corrected chi connectivity index (χ0v) is 18.7. The van der Waals surface area contributed by atoms with Crippen LogP contribution in [0.4, 0.5) is 18.9 Å². The lowest BCUT2D eigenvalue weighted by molar-refractivity contribution is -0.137. The number of fused-ring (bicyclic) bond motifs is 2. The second-order valence-corrected chi connectivity index (χ2v) is 9.69. The minimum absolute atomic E-state index is 0.0446. The summed E-state index contributed by atoms with van der Waals surface area (Å²) in [5.41, 5.74) is 1.05. The highest BCUT2D eigenvalue weighted by Gasteiger charge is 2.44. The van der Waals surface area contributed by atoms with Gasteiger partial charge in [-0.3, -0.25) is 9.69 Å². The van der Waals surface area contributed by atoms with E-state index in [4.69, 9.17) is 11.6 Å². The molecule has 2 aromatic rings. The number of amides is 1. The first-order valence-electron chi connectivity index (χ1n) is 10.4. The number of rotatable bonds is 4. The van der Waals surface area contributed by atoms with Crippen molar-refractivity contribution >= 4 is 35.0 Å². The lowest BCUT2D eigenvalue weighted by Crippen LogP contribution is -2.51. The maximum Gasteiger partial charge on any atom is 0.416 e. The summed E-state index contributed by atoms with van der Waals surface area (Å²) in [6.45, 7) is 3.48. The molecule has 1 atom stereocenters. The summed E-state index contributed by atoms with van der Waals surface area (Å²) < 4.78 is 39.2. The van der Waals surface area contributed by atoms with Gasteiger partial charge in [-0.2, -0.15) is 13.2 Å². The van der Waals surface area contributed by atoms with Crippen LogP contribution in [0.3, 0.4) is 0 Å². The zero-order chi connectivity index (χ0) is 22.2. The molecule has 1 N–H and O–H groups in total. The minimum Gasteiger partial charge on any atom is -0.325 e. The van der Waals surface area contributed by atoms with Gasteiger partial charge in [0.2, 0.25) is 5.91 Å². The zero-order valence-electron chi connectivity index (χ0n) is 17.1. The van der Waals surface area contributed by atoms with E-state index in [9.17, 15) is 18.0 Å². The number of benzene rings is 2. The number of likely N-dealkylation sites (tertiary alicyclic amines) is 1. The third-order valence-electron chi connectivity index (χ3n) is 6.38. The fourth-order valence-electron chi connectivity index (χ4n) is 4.60. The van der Waals surface area contributed by atoms with E-state index < -0.39 is 11.7 Å². The smallest absolute Gasteiger partial charge is 0.325 e. The lowest BCUT2D eigenvalue weighted by Gasteiger charge is -2.42. The Morgan fingerprint density at radius 3 is 2.48 bits per heavy atom. The third kappa shape index (κ3) is 4.59. The van der Waals surface area contributed by atoms with Crippen LogP contribution in [0.15, 0.2) is 47.4 Å². The van der Waals surface area contributed by atoms with Gasteiger partial charge in [-0.25, -0.2) is 0 Å². The van der Waals surface area contributed by atoms with E-state index in [-0.39, 0.29) is 17.4 Å². The van der Waals surface area contributed by atoms with Crippen molar-refractivity contribution in [3.8, 4) is 0 Å². The number of nitrogens with one attached hydrogen (secondary N) is 1. The van der Waals surface area contributed by atoms with Crippen LogP contribution in [0.1, 0.15) is 37.3 Å². The predicted octanol–water partition coefficient (Wildman–Crippen LogP) is 6.22. The molecule has 3 nitrogen and oxygen atoms in total. The highest BCUT2D eigenvalue weighted by Crippen LogP contribution is 2.51. The van der Waals surface area contributed by atoms with Crippen LogP contribution in [-0.2, 0) is 16.4 Å². The summed E-state index contributed by atoms with van der Waals surface area (Å²) in [4.78, 5) is 15.8. The molecule has 4 rings (SSSR count). The first kappa shape index (κ1) is 22.5. The highest BCUT2D eigenvalue weighted by atomic mass is 35.5. The molecule has 1 saturated heterocycles. The van der Waals surface area contributed by atoms with E-state index in [0.717, 1.165) is 42.1 Å². The molecule has 2 aliphatic heterocycles. The number of carbonyl (C=O) groups excluding carboxylic acids is 1. The number of nitrogens with zero attached hydrogens (tertiary/aromatic N) is 1. The molecule has 0 aliphatic carbocycles. The van der Waals surface area contributed by atoms with Gasteiger partial charge in [0.25, 0.3) is 0 Å². The van der Waals surface area contributed by atoms with E-state index in [1.807, 2.05) is 6.92 Å². The van der Waals surface area contributed by atoms with E-state index in [1.54, 1.807) is 30.3 Å². The molecule has 1 unspecified atom stereocenters. The Bertz CT molecular complexity index is 956. The fourth-order valence-corrected chi connectivity index (χ4v) is 6.25. The van der Waals surface area contributed by atoms with Gasteiger partial charge in [-0.15, -0.1) is 11.8 Å². The van der Waals surface area contributed by atoms with Crippen molar-refractivity contribution < 1.29 is 18.0 Å². The van der Waals surface area contributed by atoms with Gasteiger partial charge in [0, 0.05) is 26.8 Å². The number of alkyl halides is 3. The Morgan fingerprint density at radius 2 is 1.87 bits per heavy atom. The number of halogens is 4.